The molecule has 0 aliphatic rings. The van der Waals surface area contributed by atoms with Gasteiger partial charge in [-0.3, -0.25) is 14.4 Å². The Labute approximate surface area is 242 Å². The number of aryl methyl sites for hydroxylation is 2. The van der Waals surface area contributed by atoms with Crippen LogP contribution < -0.4 is 16.0 Å². The molecule has 2 aromatic heterocycles. The second-order valence-electron chi connectivity index (χ2n) is 9.75. The van der Waals surface area contributed by atoms with Crippen LogP contribution in [0.25, 0.3) is 5.65 Å². The average Bonchev–Trinajstić information content (AvgIpc) is 3.44. The van der Waals surface area contributed by atoms with E-state index in [1.165, 1.54) is 0 Å². The van der Waals surface area contributed by atoms with Crippen molar-refractivity contribution in [3.63, 3.8) is 0 Å². The summed E-state index contributed by atoms with van der Waals surface area (Å²) in [5.41, 5.74) is 3.68. The number of benzene rings is 2. The number of alkyl carbamates (subject to hydrolysis) is 1. The van der Waals surface area contributed by atoms with Gasteiger partial charge in [-0.25, -0.2) is 9.78 Å². The first-order valence-electron chi connectivity index (χ1n) is 13.6. The van der Waals surface area contributed by atoms with Crippen molar-refractivity contribution < 1.29 is 29.0 Å². The predicted octanol–water partition coefficient (Wildman–Crippen LogP) is 4.10. The fourth-order valence-corrected chi connectivity index (χ4v) is 4.36. The number of para-hydroxylation sites is 1. The highest BCUT2D eigenvalue weighted by Crippen LogP contribution is 2.18. The van der Waals surface area contributed by atoms with E-state index in [0.29, 0.717) is 23.3 Å². The molecular formula is C31H33N5O6. The van der Waals surface area contributed by atoms with E-state index in [2.05, 4.69) is 20.9 Å². The van der Waals surface area contributed by atoms with Crippen LogP contribution in [0.2, 0.25) is 0 Å². The molecule has 0 saturated carbocycles. The molecule has 4 rings (SSSR count). The number of pyridine rings is 1. The molecule has 2 heterocycles. The molecule has 0 fully saturated rings. The third-order valence-electron chi connectivity index (χ3n) is 6.57. The third kappa shape index (κ3) is 8.40. The van der Waals surface area contributed by atoms with Crippen molar-refractivity contribution in [1.82, 2.24) is 20.0 Å². The number of carboxylic acids is 1. The number of amides is 3. The number of carboxylic acid groups (broad SMARTS) is 1. The lowest BCUT2D eigenvalue weighted by atomic mass is 10.1. The van der Waals surface area contributed by atoms with Crippen LogP contribution in [-0.4, -0.2) is 51.0 Å². The number of imidazole rings is 1. The van der Waals surface area contributed by atoms with E-state index in [0.717, 1.165) is 11.1 Å². The van der Waals surface area contributed by atoms with Gasteiger partial charge in [-0.05, 0) is 55.0 Å². The molecule has 2 aromatic carbocycles. The summed E-state index contributed by atoms with van der Waals surface area (Å²) in [5, 5.41) is 17.4. The van der Waals surface area contributed by atoms with Gasteiger partial charge in [-0.15, -0.1) is 0 Å². The van der Waals surface area contributed by atoms with E-state index < -0.39 is 29.9 Å². The summed E-state index contributed by atoms with van der Waals surface area (Å²) >= 11 is 0. The van der Waals surface area contributed by atoms with E-state index in [1.54, 1.807) is 41.1 Å². The largest absolute Gasteiger partial charge is 0.481 e. The predicted molar refractivity (Wildman–Crippen MR) is 156 cm³/mol. The van der Waals surface area contributed by atoms with Crippen molar-refractivity contribution in [2.45, 2.75) is 45.3 Å². The van der Waals surface area contributed by atoms with Gasteiger partial charge in [0.15, 0.2) is 0 Å². The van der Waals surface area contributed by atoms with Crippen LogP contribution in [-0.2, 0) is 27.4 Å². The van der Waals surface area contributed by atoms with Crippen molar-refractivity contribution in [1.29, 1.82) is 0 Å². The highest BCUT2D eigenvalue weighted by atomic mass is 16.5. The summed E-state index contributed by atoms with van der Waals surface area (Å²) in [5.74, 6) is -1.94. The Hall–Kier alpha value is -5.19. The summed E-state index contributed by atoms with van der Waals surface area (Å²) in [7, 11) is 0. The van der Waals surface area contributed by atoms with Gasteiger partial charge < -0.3 is 30.2 Å². The van der Waals surface area contributed by atoms with Crippen LogP contribution in [0.5, 0.6) is 0 Å². The van der Waals surface area contributed by atoms with E-state index in [1.807, 2.05) is 49.4 Å². The van der Waals surface area contributed by atoms with Crippen molar-refractivity contribution >= 4 is 35.2 Å². The second-order valence-corrected chi connectivity index (χ2v) is 9.75. The summed E-state index contributed by atoms with van der Waals surface area (Å²) < 4.78 is 6.96. The molecule has 0 saturated heterocycles. The Balaban J connectivity index is 1.40. The molecule has 4 aromatic rings. The topological polar surface area (TPSA) is 151 Å². The highest BCUT2D eigenvalue weighted by molar-refractivity contribution is 6.01. The molecule has 0 bridgehead atoms. The number of nitrogens with zero attached hydrogens (tertiary/aromatic N) is 2. The van der Waals surface area contributed by atoms with Gasteiger partial charge in [0.05, 0.1) is 0 Å². The Bertz CT molecular complexity index is 1550. The maximum absolute atomic E-state index is 13.4. The lowest BCUT2D eigenvalue weighted by Crippen LogP contribution is -2.44. The molecule has 0 unspecified atom stereocenters. The molecule has 3 amide bonds. The molecule has 218 valence electrons. The number of fused-ring (bicyclic) bond motifs is 1. The van der Waals surface area contributed by atoms with E-state index >= 15 is 0 Å². The molecule has 42 heavy (non-hydrogen) atoms. The first kappa shape index (κ1) is 29.8. The van der Waals surface area contributed by atoms with E-state index in [4.69, 9.17) is 9.84 Å². The maximum atomic E-state index is 13.4. The van der Waals surface area contributed by atoms with Gasteiger partial charge in [-0.2, -0.15) is 0 Å². The first-order chi connectivity index (χ1) is 20.3. The van der Waals surface area contributed by atoms with Gasteiger partial charge >= 0.3 is 12.1 Å². The van der Waals surface area contributed by atoms with Crippen molar-refractivity contribution in [2.75, 3.05) is 11.9 Å². The fraction of sp³-hybridized carbons (Fsp3) is 0.258. The zero-order valence-corrected chi connectivity index (χ0v) is 23.2. The maximum Gasteiger partial charge on any atom is 0.407 e. The van der Waals surface area contributed by atoms with Crippen LogP contribution >= 0.6 is 0 Å². The van der Waals surface area contributed by atoms with Crippen LogP contribution in [0.3, 0.4) is 0 Å². The molecule has 0 aliphatic carbocycles. The smallest absolute Gasteiger partial charge is 0.407 e. The number of aliphatic carboxylic acids is 1. The number of nitrogens with one attached hydrogen (secondary N) is 3. The zero-order chi connectivity index (χ0) is 29.9. The SMILES string of the molecule is Cc1cccn2cc(C(=O)N[C@@H](CCCNC(=O)OCc3ccccc3)C(=O)Nc3ccccc3CCC(=O)O)nc12. The lowest BCUT2D eigenvalue weighted by Gasteiger charge is -2.19. The van der Waals surface area contributed by atoms with Gasteiger partial charge in [0, 0.05) is 31.0 Å². The molecule has 0 radical (unpaired) electrons. The normalized spacial score (nSPS) is 11.5. The Kier molecular flexibility index (Phi) is 10.2. The number of hydrogen-bond acceptors (Lipinski definition) is 6. The molecular weight excluding hydrogens is 538 g/mol. The number of hydrogen-bond donors (Lipinski definition) is 4. The highest BCUT2D eigenvalue weighted by Gasteiger charge is 2.24. The molecule has 0 spiro atoms. The Morgan fingerprint density at radius 2 is 1.76 bits per heavy atom. The lowest BCUT2D eigenvalue weighted by molar-refractivity contribution is -0.137. The minimum absolute atomic E-state index is 0.0909. The number of anilines is 1. The number of aromatic nitrogens is 2. The van der Waals surface area contributed by atoms with Crippen molar-refractivity contribution in [3.8, 4) is 0 Å². The van der Waals surface area contributed by atoms with Crippen LogP contribution in [0.1, 0.15) is 46.4 Å². The number of carbonyl (C=O) groups is 4. The van der Waals surface area contributed by atoms with Crippen LogP contribution in [0.4, 0.5) is 10.5 Å². The molecule has 1 atom stereocenters. The molecule has 11 nitrogen and oxygen atoms in total. The summed E-state index contributed by atoms with van der Waals surface area (Å²) in [6, 6.07) is 19.0. The molecule has 4 N–H and O–H groups in total. The van der Waals surface area contributed by atoms with Gasteiger partial charge in [0.2, 0.25) is 5.91 Å². The molecule has 0 aliphatic heterocycles. The summed E-state index contributed by atoms with van der Waals surface area (Å²) in [6.45, 7) is 2.24. The summed E-state index contributed by atoms with van der Waals surface area (Å²) in [4.78, 5) is 54.2. The van der Waals surface area contributed by atoms with Crippen LogP contribution in [0.15, 0.2) is 79.1 Å². The van der Waals surface area contributed by atoms with Gasteiger partial charge in [0.25, 0.3) is 5.91 Å². The fourth-order valence-electron chi connectivity index (χ4n) is 4.36. The third-order valence-corrected chi connectivity index (χ3v) is 6.57. The number of carbonyl (C=O) groups excluding carboxylic acids is 3. The summed E-state index contributed by atoms with van der Waals surface area (Å²) in [6.07, 6.45) is 3.51. The minimum Gasteiger partial charge on any atom is -0.481 e. The van der Waals surface area contributed by atoms with Crippen LogP contribution in [0, 0.1) is 6.92 Å². The second kappa shape index (κ2) is 14.4. The standard InChI is InChI=1S/C31H33N5O6/c1-21-9-8-18-36-19-26(33-28(21)36)30(40)35-25(14-7-17-32-31(41)42-20-22-10-3-2-4-11-22)29(39)34-24-13-6-5-12-23(24)15-16-27(37)38/h2-6,8-13,18-19,25H,7,14-17,20H2,1H3,(H,32,41)(H,34,39)(H,35,40)(H,37,38)/t25-/m0/s1. The van der Waals surface area contributed by atoms with E-state index in [-0.39, 0.29) is 38.1 Å². The van der Waals surface area contributed by atoms with Gasteiger partial charge in [-0.1, -0.05) is 54.6 Å². The van der Waals surface area contributed by atoms with Gasteiger partial charge in [0.1, 0.15) is 24.0 Å². The average molecular weight is 572 g/mol. The Morgan fingerprint density at radius 1 is 1.00 bits per heavy atom. The zero-order valence-electron chi connectivity index (χ0n) is 23.2. The molecule has 11 heteroatoms. The number of ether oxygens (including phenoxy) is 1. The minimum atomic E-state index is -0.960. The van der Waals surface area contributed by atoms with Crippen molar-refractivity contribution in [3.05, 3.63) is 102 Å². The van der Waals surface area contributed by atoms with E-state index in [9.17, 15) is 19.2 Å². The quantitative estimate of drug-likeness (QED) is 0.176. The van der Waals surface area contributed by atoms with Crippen molar-refractivity contribution in [2.24, 2.45) is 0 Å². The monoisotopic (exact) mass is 571 g/mol. The first-order valence-corrected chi connectivity index (χ1v) is 13.6. The Morgan fingerprint density at radius 3 is 2.52 bits per heavy atom. The number of rotatable bonds is 13.